The maximum absolute atomic E-state index is 10.8. The highest BCUT2D eigenvalue weighted by Crippen LogP contribution is 2.00. The molecule has 0 aliphatic carbocycles. The Balaban J connectivity index is 3.45. The van der Waals surface area contributed by atoms with Crippen molar-refractivity contribution >= 4 is 22.9 Å². The molecule has 0 unspecified atom stereocenters. The maximum Gasteiger partial charge on any atom is 0.316 e. The topological polar surface area (TPSA) is 76.2 Å². The van der Waals surface area contributed by atoms with Gasteiger partial charge in [0.25, 0.3) is 0 Å². The molecule has 0 atom stereocenters. The third kappa shape index (κ3) is 7.18. The van der Waals surface area contributed by atoms with Crippen LogP contribution in [0.2, 0.25) is 0 Å². The maximum atomic E-state index is 10.8. The number of hydrogen-bond acceptors (Lipinski definition) is 4. The van der Waals surface area contributed by atoms with Crippen LogP contribution in [0.5, 0.6) is 0 Å². The van der Waals surface area contributed by atoms with Gasteiger partial charge in [-0.15, -0.1) is 0 Å². The van der Waals surface area contributed by atoms with E-state index in [1.54, 1.807) is 13.8 Å². The Morgan fingerprint density at radius 1 is 1.73 bits per heavy atom. The van der Waals surface area contributed by atoms with Crippen molar-refractivity contribution < 1.29 is 9.53 Å². The van der Waals surface area contributed by atoms with Crippen molar-refractivity contribution in [2.75, 3.05) is 5.75 Å². The van der Waals surface area contributed by atoms with Crippen molar-refractivity contribution in [2.24, 2.45) is 5.73 Å². The second kappa shape index (κ2) is 5.01. The summed E-state index contributed by atoms with van der Waals surface area (Å²) in [4.78, 5) is 10.8. The van der Waals surface area contributed by atoms with Crippen molar-refractivity contribution in [3.63, 3.8) is 0 Å². The molecule has 64 valence electrons. The van der Waals surface area contributed by atoms with E-state index in [-0.39, 0.29) is 23.0 Å². The predicted molar refractivity (Wildman–Crippen MR) is 45.6 cm³/mol. The third-order valence-corrected chi connectivity index (χ3v) is 1.40. The molecule has 0 bridgehead atoms. The smallest absolute Gasteiger partial charge is 0.316 e. The molecule has 3 N–H and O–H groups in total. The Labute approximate surface area is 70.0 Å². The summed E-state index contributed by atoms with van der Waals surface area (Å²) in [7, 11) is 0. The SMILES string of the molecule is CC(C)OC(=O)CSC(=N)N. The van der Waals surface area contributed by atoms with Crippen LogP contribution in [0.4, 0.5) is 0 Å². The number of rotatable bonds is 3. The number of nitrogens with two attached hydrogens (primary N) is 1. The van der Waals surface area contributed by atoms with Crippen molar-refractivity contribution in [3.8, 4) is 0 Å². The molecule has 0 aromatic heterocycles. The molecule has 0 fully saturated rings. The zero-order valence-electron chi connectivity index (χ0n) is 6.59. The summed E-state index contributed by atoms with van der Waals surface area (Å²) in [5.74, 6) is -0.215. The van der Waals surface area contributed by atoms with E-state index in [9.17, 15) is 4.79 Å². The summed E-state index contributed by atoms with van der Waals surface area (Å²) >= 11 is 0.968. The minimum Gasteiger partial charge on any atom is -0.462 e. The molecule has 0 heterocycles. The highest BCUT2D eigenvalue weighted by molar-refractivity contribution is 8.14. The molecule has 0 aromatic carbocycles. The minimum absolute atomic E-state index is 0.0642. The van der Waals surface area contributed by atoms with Crippen molar-refractivity contribution in [2.45, 2.75) is 20.0 Å². The summed E-state index contributed by atoms with van der Waals surface area (Å²) < 4.78 is 4.79. The first-order chi connectivity index (χ1) is 5.02. The van der Waals surface area contributed by atoms with Crippen molar-refractivity contribution in [1.82, 2.24) is 0 Å². The summed E-state index contributed by atoms with van der Waals surface area (Å²) in [5, 5.41) is 6.74. The van der Waals surface area contributed by atoms with E-state index in [2.05, 4.69) is 0 Å². The molecule has 0 aliphatic heterocycles. The van der Waals surface area contributed by atoms with Gasteiger partial charge in [-0.25, -0.2) is 0 Å². The number of carbonyl (C=O) groups excluding carboxylic acids is 1. The number of nitrogens with one attached hydrogen (secondary N) is 1. The molecule has 0 saturated carbocycles. The monoisotopic (exact) mass is 176 g/mol. The Morgan fingerprint density at radius 2 is 2.27 bits per heavy atom. The van der Waals surface area contributed by atoms with Gasteiger partial charge in [-0.3, -0.25) is 10.2 Å². The molecule has 0 radical (unpaired) electrons. The first kappa shape index (κ1) is 10.3. The van der Waals surface area contributed by atoms with Crippen molar-refractivity contribution in [3.05, 3.63) is 0 Å². The van der Waals surface area contributed by atoms with E-state index in [1.807, 2.05) is 0 Å². The number of hydrogen-bond donors (Lipinski definition) is 2. The second-order valence-corrected chi connectivity index (χ2v) is 3.21. The Kier molecular flexibility index (Phi) is 4.69. The van der Waals surface area contributed by atoms with Gasteiger partial charge in [0, 0.05) is 0 Å². The molecule has 0 rings (SSSR count). The van der Waals surface area contributed by atoms with E-state index >= 15 is 0 Å². The number of carbonyl (C=O) groups is 1. The number of amidine groups is 1. The molecule has 11 heavy (non-hydrogen) atoms. The van der Waals surface area contributed by atoms with Crippen LogP contribution in [0.25, 0.3) is 0 Å². The lowest BCUT2D eigenvalue weighted by molar-refractivity contribution is -0.144. The van der Waals surface area contributed by atoms with E-state index in [0.29, 0.717) is 0 Å². The quantitative estimate of drug-likeness (QED) is 0.374. The Morgan fingerprint density at radius 3 is 2.64 bits per heavy atom. The van der Waals surface area contributed by atoms with Crippen LogP contribution in [-0.4, -0.2) is 23.0 Å². The second-order valence-electron chi connectivity index (χ2n) is 2.19. The molecular weight excluding hydrogens is 164 g/mol. The molecule has 0 aliphatic rings. The summed E-state index contributed by atoms with van der Waals surface area (Å²) in [5.41, 5.74) is 5.01. The van der Waals surface area contributed by atoms with Crippen LogP contribution in [0, 0.1) is 5.41 Å². The van der Waals surface area contributed by atoms with Gasteiger partial charge in [-0.05, 0) is 13.8 Å². The van der Waals surface area contributed by atoms with Gasteiger partial charge in [-0.2, -0.15) is 0 Å². The van der Waals surface area contributed by atoms with E-state index in [1.165, 1.54) is 0 Å². The standard InChI is InChI=1S/C6H12N2O2S/c1-4(2)10-5(9)3-11-6(7)8/h4H,3H2,1-2H3,(H3,7,8). The predicted octanol–water partition coefficient (Wildman–Crippen LogP) is 0.565. The molecular formula is C6H12N2O2S. The molecule has 0 amide bonds. The number of thioether (sulfide) groups is 1. The molecule has 0 aromatic rings. The molecule has 0 spiro atoms. The zero-order chi connectivity index (χ0) is 8.85. The third-order valence-electron chi connectivity index (χ3n) is 0.713. The average molecular weight is 176 g/mol. The van der Waals surface area contributed by atoms with E-state index in [0.717, 1.165) is 11.8 Å². The average Bonchev–Trinajstić information content (AvgIpc) is 1.82. The van der Waals surface area contributed by atoms with Gasteiger partial charge in [0.15, 0.2) is 5.17 Å². The van der Waals surface area contributed by atoms with Gasteiger partial charge in [0.05, 0.1) is 11.9 Å². The fraction of sp³-hybridized carbons (Fsp3) is 0.667. The lowest BCUT2D eigenvalue weighted by atomic mass is 10.5. The fourth-order valence-corrected chi connectivity index (χ4v) is 0.775. The van der Waals surface area contributed by atoms with Crippen LogP contribution >= 0.6 is 11.8 Å². The van der Waals surface area contributed by atoms with Gasteiger partial charge < -0.3 is 10.5 Å². The van der Waals surface area contributed by atoms with E-state index < -0.39 is 0 Å². The largest absolute Gasteiger partial charge is 0.462 e. The van der Waals surface area contributed by atoms with Gasteiger partial charge in [0.2, 0.25) is 0 Å². The van der Waals surface area contributed by atoms with Crippen LogP contribution in [-0.2, 0) is 9.53 Å². The van der Waals surface area contributed by atoms with Gasteiger partial charge in [0.1, 0.15) is 0 Å². The van der Waals surface area contributed by atoms with Crippen LogP contribution < -0.4 is 5.73 Å². The molecule has 4 nitrogen and oxygen atoms in total. The Hall–Kier alpha value is -0.710. The number of ether oxygens (including phenoxy) is 1. The summed E-state index contributed by atoms with van der Waals surface area (Å²) in [6, 6.07) is 0. The van der Waals surface area contributed by atoms with Crippen LogP contribution in [0.15, 0.2) is 0 Å². The van der Waals surface area contributed by atoms with Gasteiger partial charge in [-0.1, -0.05) is 11.8 Å². The highest BCUT2D eigenvalue weighted by atomic mass is 32.2. The minimum atomic E-state index is -0.333. The first-order valence-corrected chi connectivity index (χ1v) is 4.17. The first-order valence-electron chi connectivity index (χ1n) is 3.18. The molecule has 0 saturated heterocycles. The lowest BCUT2D eigenvalue weighted by Gasteiger charge is -2.06. The van der Waals surface area contributed by atoms with Crippen LogP contribution in [0.3, 0.4) is 0 Å². The summed E-state index contributed by atoms with van der Waals surface area (Å²) in [6.45, 7) is 3.55. The number of esters is 1. The Bertz CT molecular complexity index is 159. The lowest BCUT2D eigenvalue weighted by Crippen LogP contribution is -2.16. The van der Waals surface area contributed by atoms with Crippen molar-refractivity contribution in [1.29, 1.82) is 5.41 Å². The highest BCUT2D eigenvalue weighted by Gasteiger charge is 2.05. The zero-order valence-corrected chi connectivity index (χ0v) is 7.40. The molecule has 5 heteroatoms. The van der Waals surface area contributed by atoms with Gasteiger partial charge >= 0.3 is 5.97 Å². The fourth-order valence-electron chi connectivity index (χ4n) is 0.434. The van der Waals surface area contributed by atoms with Crippen LogP contribution in [0.1, 0.15) is 13.8 Å². The van der Waals surface area contributed by atoms with E-state index in [4.69, 9.17) is 15.9 Å². The summed E-state index contributed by atoms with van der Waals surface area (Å²) in [6.07, 6.45) is -0.102. The normalized spacial score (nSPS) is 9.73.